The van der Waals surface area contributed by atoms with E-state index >= 15 is 0 Å². The lowest BCUT2D eigenvalue weighted by Crippen LogP contribution is -2.36. The van der Waals surface area contributed by atoms with E-state index in [1.807, 2.05) is 18.2 Å². The van der Waals surface area contributed by atoms with Crippen LogP contribution in [-0.4, -0.2) is 59.1 Å². The van der Waals surface area contributed by atoms with E-state index in [1.165, 1.54) is 6.26 Å². The van der Waals surface area contributed by atoms with Crippen LogP contribution >= 0.6 is 0 Å². The van der Waals surface area contributed by atoms with Crippen molar-refractivity contribution >= 4 is 15.9 Å². The van der Waals surface area contributed by atoms with Crippen LogP contribution in [0.5, 0.6) is 11.5 Å². The zero-order valence-electron chi connectivity index (χ0n) is 16.3. The first-order chi connectivity index (χ1) is 13.3. The number of amides is 1. The number of allylic oxidation sites excluding steroid dienone is 3. The van der Waals surface area contributed by atoms with Crippen molar-refractivity contribution in [3.63, 3.8) is 0 Å². The van der Waals surface area contributed by atoms with Crippen molar-refractivity contribution in [3.05, 3.63) is 46.4 Å². The Hall–Kier alpha value is -2.48. The fraction of sp³-hybridized carbons (Fsp3) is 0.450. The minimum Gasteiger partial charge on any atom is -0.493 e. The summed E-state index contributed by atoms with van der Waals surface area (Å²) in [5, 5.41) is 0. The molecule has 1 fully saturated rings. The molecule has 2 aliphatic rings. The minimum atomic E-state index is -3.16. The highest BCUT2D eigenvalue weighted by Crippen LogP contribution is 2.30. The van der Waals surface area contributed by atoms with Crippen molar-refractivity contribution in [1.29, 1.82) is 0 Å². The van der Waals surface area contributed by atoms with Gasteiger partial charge in [-0.05, 0) is 43.0 Å². The maximum Gasteiger partial charge on any atom is 0.410 e. The summed E-state index contributed by atoms with van der Waals surface area (Å²) in [5.41, 5.74) is 2.03. The lowest BCUT2D eigenvalue weighted by Gasteiger charge is -2.24. The van der Waals surface area contributed by atoms with Crippen LogP contribution in [0.15, 0.2) is 40.8 Å². The fourth-order valence-corrected chi connectivity index (χ4v) is 4.24. The van der Waals surface area contributed by atoms with Gasteiger partial charge in [0.05, 0.1) is 20.3 Å². The van der Waals surface area contributed by atoms with Crippen molar-refractivity contribution in [1.82, 2.24) is 4.90 Å². The second-order valence-electron chi connectivity index (χ2n) is 6.98. The monoisotopic (exact) mass is 407 g/mol. The molecule has 0 aromatic heterocycles. The quantitative estimate of drug-likeness (QED) is 0.691. The van der Waals surface area contributed by atoms with E-state index in [1.54, 1.807) is 31.3 Å². The normalized spacial score (nSPS) is 19.8. The third-order valence-electron chi connectivity index (χ3n) is 5.04. The van der Waals surface area contributed by atoms with Gasteiger partial charge >= 0.3 is 6.09 Å². The number of methoxy groups -OCH3 is 2. The van der Waals surface area contributed by atoms with Crippen LogP contribution in [0.4, 0.5) is 4.79 Å². The third kappa shape index (κ3) is 4.49. The van der Waals surface area contributed by atoms with Gasteiger partial charge in [0.1, 0.15) is 6.61 Å². The molecular weight excluding hydrogens is 382 g/mol. The molecule has 0 N–H and O–H groups in total. The van der Waals surface area contributed by atoms with Crippen molar-refractivity contribution in [3.8, 4) is 11.5 Å². The van der Waals surface area contributed by atoms with Crippen molar-refractivity contribution < 1.29 is 27.4 Å². The Kier molecular flexibility index (Phi) is 5.98. The van der Waals surface area contributed by atoms with E-state index in [0.29, 0.717) is 48.8 Å². The number of cyclic esters (lactones) is 1. The summed E-state index contributed by atoms with van der Waals surface area (Å²) in [6.07, 6.45) is 6.03. The second-order valence-corrected chi connectivity index (χ2v) is 9.05. The standard InChI is InChI=1S/C20H25NO6S/c1-25-18-9-6-15(11-19(18)26-2)10-16-13-27-20(22)21(16)12-14-4-7-17(8-5-14)28(3,23)24/h4,6-7,9,11,16H,5,8,10,12-13H2,1-3H3/t16-/m0/s1. The predicted molar refractivity (Wildman–Crippen MR) is 105 cm³/mol. The number of sulfone groups is 1. The van der Waals surface area contributed by atoms with Crippen molar-refractivity contribution in [2.24, 2.45) is 0 Å². The molecule has 8 heteroatoms. The second kappa shape index (κ2) is 8.26. The van der Waals surface area contributed by atoms with Crippen LogP contribution in [0.25, 0.3) is 0 Å². The summed E-state index contributed by atoms with van der Waals surface area (Å²) >= 11 is 0. The van der Waals surface area contributed by atoms with Gasteiger partial charge in [-0.2, -0.15) is 0 Å². The van der Waals surface area contributed by atoms with Crippen LogP contribution in [0.3, 0.4) is 0 Å². The van der Waals surface area contributed by atoms with Crippen LogP contribution in [0, 0.1) is 0 Å². The smallest absolute Gasteiger partial charge is 0.410 e. The Morgan fingerprint density at radius 2 is 1.89 bits per heavy atom. The molecule has 0 bridgehead atoms. The number of ether oxygens (including phenoxy) is 3. The highest BCUT2D eigenvalue weighted by atomic mass is 32.2. The maximum absolute atomic E-state index is 12.2. The Morgan fingerprint density at radius 1 is 1.14 bits per heavy atom. The van der Waals surface area contributed by atoms with Crippen LogP contribution in [-0.2, 0) is 21.0 Å². The molecule has 1 aromatic rings. The fourth-order valence-electron chi connectivity index (χ4n) is 3.45. The van der Waals surface area contributed by atoms with Gasteiger partial charge in [-0.3, -0.25) is 4.90 Å². The Labute approximate surface area is 165 Å². The molecule has 1 atom stereocenters. The first kappa shape index (κ1) is 20.3. The zero-order valence-corrected chi connectivity index (χ0v) is 17.1. The molecule has 1 amide bonds. The van der Waals surface area contributed by atoms with Gasteiger partial charge in [0.2, 0.25) is 0 Å². The molecular formula is C20H25NO6S. The first-order valence-corrected chi connectivity index (χ1v) is 10.9. The predicted octanol–water partition coefficient (Wildman–Crippen LogP) is 2.72. The van der Waals surface area contributed by atoms with Gasteiger partial charge in [0.25, 0.3) is 0 Å². The van der Waals surface area contributed by atoms with E-state index in [4.69, 9.17) is 14.2 Å². The molecule has 1 heterocycles. The summed E-state index contributed by atoms with van der Waals surface area (Å²) < 4.78 is 39.2. The zero-order chi connectivity index (χ0) is 20.3. The summed E-state index contributed by atoms with van der Waals surface area (Å²) in [6, 6.07) is 5.60. The largest absolute Gasteiger partial charge is 0.493 e. The molecule has 152 valence electrons. The van der Waals surface area contributed by atoms with E-state index in [-0.39, 0.29) is 12.1 Å². The van der Waals surface area contributed by atoms with Crippen LogP contribution < -0.4 is 9.47 Å². The summed E-state index contributed by atoms with van der Waals surface area (Å²) in [4.78, 5) is 14.4. The number of rotatable bonds is 7. The molecule has 0 radical (unpaired) electrons. The number of hydrogen-bond acceptors (Lipinski definition) is 6. The summed E-state index contributed by atoms with van der Waals surface area (Å²) in [7, 11) is 0.0128. The van der Waals surface area contributed by atoms with Gasteiger partial charge in [-0.1, -0.05) is 17.7 Å². The molecule has 0 saturated carbocycles. The van der Waals surface area contributed by atoms with Crippen molar-refractivity contribution in [2.75, 3.05) is 33.6 Å². The lowest BCUT2D eigenvalue weighted by atomic mass is 10.0. The Bertz CT molecular complexity index is 919. The number of benzene rings is 1. The molecule has 1 aromatic carbocycles. The Morgan fingerprint density at radius 3 is 2.50 bits per heavy atom. The SMILES string of the molecule is COc1ccc(C[C@H]2COC(=O)N2CC2=CC=C(S(C)(=O)=O)CC2)cc1OC. The van der Waals surface area contributed by atoms with Crippen LogP contribution in [0.2, 0.25) is 0 Å². The average molecular weight is 407 g/mol. The highest BCUT2D eigenvalue weighted by molar-refractivity contribution is 7.94. The molecule has 3 rings (SSSR count). The average Bonchev–Trinajstić information content (AvgIpc) is 3.01. The molecule has 1 aliphatic heterocycles. The number of nitrogens with zero attached hydrogens (tertiary/aromatic N) is 1. The van der Waals surface area contributed by atoms with E-state index < -0.39 is 9.84 Å². The van der Waals surface area contributed by atoms with Gasteiger partial charge in [0, 0.05) is 17.7 Å². The molecule has 0 spiro atoms. The lowest BCUT2D eigenvalue weighted by molar-refractivity contribution is 0.159. The number of carbonyl (C=O) groups excluding carboxylic acids is 1. The van der Waals surface area contributed by atoms with Gasteiger partial charge in [-0.15, -0.1) is 0 Å². The summed E-state index contributed by atoms with van der Waals surface area (Å²) in [6.45, 7) is 0.759. The molecule has 0 unspecified atom stereocenters. The number of hydrogen-bond donors (Lipinski definition) is 0. The van der Waals surface area contributed by atoms with Gasteiger partial charge in [-0.25, -0.2) is 13.2 Å². The topological polar surface area (TPSA) is 82.1 Å². The molecule has 1 aliphatic carbocycles. The van der Waals surface area contributed by atoms with Crippen molar-refractivity contribution in [2.45, 2.75) is 25.3 Å². The highest BCUT2D eigenvalue weighted by Gasteiger charge is 2.33. The summed E-state index contributed by atoms with van der Waals surface area (Å²) in [5.74, 6) is 1.30. The molecule has 7 nitrogen and oxygen atoms in total. The van der Waals surface area contributed by atoms with E-state index in [9.17, 15) is 13.2 Å². The van der Waals surface area contributed by atoms with Gasteiger partial charge in [0.15, 0.2) is 21.3 Å². The third-order valence-corrected chi connectivity index (χ3v) is 6.33. The van der Waals surface area contributed by atoms with E-state index in [0.717, 1.165) is 11.1 Å². The maximum atomic E-state index is 12.2. The first-order valence-electron chi connectivity index (χ1n) is 9.04. The molecule has 28 heavy (non-hydrogen) atoms. The van der Waals surface area contributed by atoms with Gasteiger partial charge < -0.3 is 14.2 Å². The van der Waals surface area contributed by atoms with Crippen LogP contribution in [0.1, 0.15) is 18.4 Å². The Balaban J connectivity index is 1.72. The molecule has 1 saturated heterocycles. The minimum absolute atomic E-state index is 0.0909. The van der Waals surface area contributed by atoms with E-state index in [2.05, 4.69) is 0 Å². The number of carbonyl (C=O) groups is 1.